The molecule has 9 heteroatoms. The fraction of sp³-hybridized carbons (Fsp3) is 0.429. The van der Waals surface area contributed by atoms with Gasteiger partial charge in [0, 0.05) is 19.2 Å². The number of nitrogens with zero attached hydrogens (tertiary/aromatic N) is 3. The molecule has 6 nitrogen and oxygen atoms in total. The molecule has 3 rings (SSSR count). The molecule has 1 saturated heterocycles. The molecular weight excluding hydrogens is 363 g/mol. The SMILES string of the molecule is Cl.NCc1nc(CN2CCC(Oc3ccc(Cl)c(Cl)c3)C2)no1. The number of ether oxygens (including phenoxy) is 1. The average Bonchev–Trinajstić information content (AvgIpc) is 3.13. The molecule has 2 N–H and O–H groups in total. The van der Waals surface area contributed by atoms with E-state index in [4.69, 9.17) is 38.2 Å². The number of halogens is 3. The summed E-state index contributed by atoms with van der Waals surface area (Å²) in [7, 11) is 0. The van der Waals surface area contributed by atoms with E-state index in [0.717, 1.165) is 25.3 Å². The summed E-state index contributed by atoms with van der Waals surface area (Å²) in [5.74, 6) is 1.83. The number of rotatable bonds is 5. The largest absolute Gasteiger partial charge is 0.489 e. The van der Waals surface area contributed by atoms with Crippen LogP contribution in [0.3, 0.4) is 0 Å². The van der Waals surface area contributed by atoms with Crippen molar-refractivity contribution < 1.29 is 9.26 Å². The molecule has 126 valence electrons. The van der Waals surface area contributed by atoms with Crippen LogP contribution in [-0.4, -0.2) is 34.2 Å². The fourth-order valence-electron chi connectivity index (χ4n) is 2.42. The van der Waals surface area contributed by atoms with Crippen LogP contribution >= 0.6 is 35.6 Å². The zero-order valence-corrected chi connectivity index (χ0v) is 14.6. The van der Waals surface area contributed by atoms with Crippen LogP contribution < -0.4 is 10.5 Å². The Balaban J connectivity index is 0.00000192. The summed E-state index contributed by atoms with van der Waals surface area (Å²) in [5, 5.41) is 4.92. The fourth-order valence-corrected chi connectivity index (χ4v) is 2.70. The van der Waals surface area contributed by atoms with Gasteiger partial charge >= 0.3 is 0 Å². The third-order valence-corrected chi connectivity index (χ3v) is 4.21. The van der Waals surface area contributed by atoms with E-state index in [9.17, 15) is 0 Å². The van der Waals surface area contributed by atoms with E-state index in [1.165, 1.54) is 0 Å². The highest BCUT2D eigenvalue weighted by Crippen LogP contribution is 2.28. The Morgan fingerprint density at radius 1 is 1.35 bits per heavy atom. The lowest BCUT2D eigenvalue weighted by atomic mass is 10.3. The number of nitrogens with two attached hydrogens (primary N) is 1. The van der Waals surface area contributed by atoms with Gasteiger partial charge in [-0.2, -0.15) is 4.98 Å². The molecule has 0 radical (unpaired) electrons. The third-order valence-electron chi connectivity index (χ3n) is 3.47. The van der Waals surface area contributed by atoms with Gasteiger partial charge in [-0.1, -0.05) is 28.4 Å². The minimum atomic E-state index is 0. The highest BCUT2D eigenvalue weighted by Gasteiger charge is 2.25. The maximum Gasteiger partial charge on any atom is 0.240 e. The van der Waals surface area contributed by atoms with Crippen molar-refractivity contribution in [1.29, 1.82) is 0 Å². The number of benzene rings is 1. The molecule has 23 heavy (non-hydrogen) atoms. The lowest BCUT2D eigenvalue weighted by Crippen LogP contribution is -2.25. The lowest BCUT2D eigenvalue weighted by molar-refractivity contribution is 0.196. The Kier molecular flexibility index (Phi) is 6.50. The Morgan fingerprint density at radius 2 is 2.17 bits per heavy atom. The first-order valence-electron chi connectivity index (χ1n) is 6.99. The number of aromatic nitrogens is 2. The van der Waals surface area contributed by atoms with Crippen molar-refractivity contribution in [3.63, 3.8) is 0 Å². The van der Waals surface area contributed by atoms with E-state index in [1.807, 2.05) is 6.07 Å². The van der Waals surface area contributed by atoms with Crippen LogP contribution in [0.15, 0.2) is 22.7 Å². The molecule has 1 atom stereocenters. The maximum absolute atomic E-state index is 5.99. The topological polar surface area (TPSA) is 77.4 Å². The smallest absolute Gasteiger partial charge is 0.240 e. The molecule has 0 bridgehead atoms. The summed E-state index contributed by atoms with van der Waals surface area (Å²) in [4.78, 5) is 6.42. The standard InChI is InChI=1S/C14H16Cl2N4O2.ClH/c15-11-2-1-9(5-12(11)16)21-10-3-4-20(7-10)8-13-18-14(6-17)22-19-13;/h1-2,5,10H,3-4,6-8,17H2;1H. The van der Waals surface area contributed by atoms with Crippen molar-refractivity contribution in [2.45, 2.75) is 25.6 Å². The first-order valence-corrected chi connectivity index (χ1v) is 7.75. The molecule has 0 amide bonds. The number of hydrogen-bond donors (Lipinski definition) is 1. The van der Waals surface area contributed by atoms with Crippen molar-refractivity contribution in [3.05, 3.63) is 40.0 Å². The normalized spacial score (nSPS) is 18.0. The van der Waals surface area contributed by atoms with Crippen LogP contribution in [-0.2, 0) is 13.1 Å². The second kappa shape index (κ2) is 8.17. The van der Waals surface area contributed by atoms with Gasteiger partial charge in [-0.25, -0.2) is 0 Å². The third kappa shape index (κ3) is 4.71. The van der Waals surface area contributed by atoms with Crippen LogP contribution in [0.4, 0.5) is 0 Å². The van der Waals surface area contributed by atoms with Crippen LogP contribution in [0, 0.1) is 0 Å². The Bertz CT molecular complexity index is 653. The van der Waals surface area contributed by atoms with Crippen molar-refractivity contribution in [3.8, 4) is 5.75 Å². The Hall–Kier alpha value is -1.05. The van der Waals surface area contributed by atoms with E-state index in [-0.39, 0.29) is 25.1 Å². The molecule has 0 saturated carbocycles. The quantitative estimate of drug-likeness (QED) is 0.860. The van der Waals surface area contributed by atoms with Gasteiger partial charge in [0.05, 0.1) is 23.1 Å². The van der Waals surface area contributed by atoms with Crippen LogP contribution in [0.25, 0.3) is 0 Å². The van der Waals surface area contributed by atoms with Crippen molar-refractivity contribution >= 4 is 35.6 Å². The first-order chi connectivity index (χ1) is 10.6. The average molecular weight is 380 g/mol. The van der Waals surface area contributed by atoms with E-state index < -0.39 is 0 Å². The summed E-state index contributed by atoms with van der Waals surface area (Å²) < 4.78 is 10.9. The molecule has 1 unspecified atom stereocenters. The van der Waals surface area contributed by atoms with Gasteiger partial charge in [-0.3, -0.25) is 4.90 Å². The lowest BCUT2D eigenvalue weighted by Gasteiger charge is -2.15. The Labute approximate surface area is 150 Å². The maximum atomic E-state index is 5.99. The summed E-state index contributed by atoms with van der Waals surface area (Å²) in [6, 6.07) is 5.29. The van der Waals surface area contributed by atoms with Gasteiger partial charge in [0.15, 0.2) is 5.82 Å². The highest BCUT2D eigenvalue weighted by molar-refractivity contribution is 6.42. The van der Waals surface area contributed by atoms with E-state index in [2.05, 4.69) is 15.0 Å². The molecule has 2 heterocycles. The molecule has 1 aromatic heterocycles. The van der Waals surface area contributed by atoms with Gasteiger partial charge in [-0.15, -0.1) is 12.4 Å². The zero-order valence-electron chi connectivity index (χ0n) is 12.2. The van der Waals surface area contributed by atoms with E-state index in [0.29, 0.717) is 28.3 Å². The molecule has 2 aromatic rings. The number of likely N-dealkylation sites (tertiary alicyclic amines) is 1. The minimum Gasteiger partial charge on any atom is -0.489 e. The van der Waals surface area contributed by atoms with Gasteiger partial charge in [-0.05, 0) is 18.6 Å². The summed E-state index contributed by atoms with van der Waals surface area (Å²) in [5.41, 5.74) is 5.45. The zero-order chi connectivity index (χ0) is 15.5. The molecule has 1 aromatic carbocycles. The van der Waals surface area contributed by atoms with E-state index in [1.54, 1.807) is 12.1 Å². The van der Waals surface area contributed by atoms with Crippen molar-refractivity contribution in [1.82, 2.24) is 15.0 Å². The molecule has 1 aliphatic rings. The molecule has 1 aliphatic heterocycles. The van der Waals surface area contributed by atoms with Gasteiger partial charge in [0.2, 0.25) is 5.89 Å². The van der Waals surface area contributed by atoms with Gasteiger partial charge in [0.25, 0.3) is 0 Å². The predicted octanol–water partition coefficient (Wildman–Crippen LogP) is 2.91. The van der Waals surface area contributed by atoms with Crippen LogP contribution in [0.2, 0.25) is 10.0 Å². The summed E-state index contributed by atoms with van der Waals surface area (Å²) >= 11 is 11.9. The minimum absolute atomic E-state index is 0. The predicted molar refractivity (Wildman–Crippen MR) is 90.2 cm³/mol. The monoisotopic (exact) mass is 378 g/mol. The van der Waals surface area contributed by atoms with Crippen molar-refractivity contribution in [2.24, 2.45) is 5.73 Å². The summed E-state index contributed by atoms with van der Waals surface area (Å²) in [6.45, 7) is 2.60. The first kappa shape index (κ1) is 18.3. The number of hydrogen-bond acceptors (Lipinski definition) is 6. The molecular formula is C14H17Cl3N4O2. The van der Waals surface area contributed by atoms with Gasteiger partial charge < -0.3 is 15.0 Å². The molecule has 0 aliphatic carbocycles. The van der Waals surface area contributed by atoms with E-state index >= 15 is 0 Å². The van der Waals surface area contributed by atoms with Crippen molar-refractivity contribution in [2.75, 3.05) is 13.1 Å². The molecule has 1 fully saturated rings. The Morgan fingerprint density at radius 3 is 2.87 bits per heavy atom. The van der Waals surface area contributed by atoms with Gasteiger partial charge in [0.1, 0.15) is 11.9 Å². The highest BCUT2D eigenvalue weighted by atomic mass is 35.5. The van der Waals surface area contributed by atoms with Crippen LogP contribution in [0.1, 0.15) is 18.1 Å². The second-order valence-electron chi connectivity index (χ2n) is 5.15. The molecule has 0 spiro atoms. The summed E-state index contributed by atoms with van der Waals surface area (Å²) in [6.07, 6.45) is 1.04. The van der Waals surface area contributed by atoms with Crippen LogP contribution in [0.5, 0.6) is 5.75 Å². The second-order valence-corrected chi connectivity index (χ2v) is 5.96.